The molecule has 0 heterocycles. The second kappa shape index (κ2) is 9.44. The first-order chi connectivity index (χ1) is 10.6. The van der Waals surface area contributed by atoms with Crippen molar-refractivity contribution in [1.82, 2.24) is 5.32 Å². The van der Waals surface area contributed by atoms with Crippen LogP contribution in [-0.4, -0.2) is 37.7 Å². The second-order valence-electron chi connectivity index (χ2n) is 4.33. The summed E-state index contributed by atoms with van der Waals surface area (Å²) in [7, 11) is 0. The number of hydrogen-bond acceptors (Lipinski definition) is 5. The Morgan fingerprint density at radius 2 is 1.91 bits per heavy atom. The molecule has 1 aromatic rings. The molecule has 1 aromatic carbocycles. The van der Waals surface area contributed by atoms with E-state index in [1.165, 1.54) is 6.92 Å². The van der Waals surface area contributed by atoms with E-state index in [0.29, 0.717) is 24.7 Å². The van der Waals surface area contributed by atoms with Crippen molar-refractivity contribution in [3.8, 4) is 11.5 Å². The third kappa shape index (κ3) is 5.87. The van der Waals surface area contributed by atoms with Crippen LogP contribution in [0.3, 0.4) is 0 Å². The van der Waals surface area contributed by atoms with Crippen LogP contribution < -0.4 is 14.8 Å². The van der Waals surface area contributed by atoms with Gasteiger partial charge in [-0.05, 0) is 26.0 Å². The van der Waals surface area contributed by atoms with Gasteiger partial charge in [0, 0.05) is 6.54 Å². The van der Waals surface area contributed by atoms with E-state index in [4.69, 9.17) is 14.2 Å². The summed E-state index contributed by atoms with van der Waals surface area (Å²) in [6.07, 6.45) is 0.651. The van der Waals surface area contributed by atoms with E-state index < -0.39 is 12.1 Å². The van der Waals surface area contributed by atoms with Gasteiger partial charge in [0.15, 0.2) is 24.2 Å². The number of carbonyl (C=O) groups is 2. The number of carbonyl (C=O) groups excluding carboxylic acids is 2. The molecule has 1 rings (SSSR count). The van der Waals surface area contributed by atoms with Crippen molar-refractivity contribution in [3.05, 3.63) is 36.9 Å². The van der Waals surface area contributed by atoms with Crippen LogP contribution in [0.25, 0.3) is 0 Å². The Bertz CT molecular complexity index is 515. The zero-order valence-corrected chi connectivity index (χ0v) is 12.8. The maximum atomic E-state index is 11.7. The van der Waals surface area contributed by atoms with Gasteiger partial charge in [0.1, 0.15) is 0 Å². The van der Waals surface area contributed by atoms with E-state index in [1.807, 2.05) is 13.0 Å². The van der Waals surface area contributed by atoms with Crippen LogP contribution in [0.1, 0.15) is 13.8 Å². The SMILES string of the molecule is C=CCNC(=O)C(C)OC(=O)COc1ccccc1OCC. The molecule has 6 heteroatoms. The monoisotopic (exact) mass is 307 g/mol. The number of amides is 1. The fourth-order valence-electron chi connectivity index (χ4n) is 1.58. The van der Waals surface area contributed by atoms with Gasteiger partial charge >= 0.3 is 5.97 Å². The van der Waals surface area contributed by atoms with Crippen molar-refractivity contribution in [2.75, 3.05) is 19.8 Å². The summed E-state index contributed by atoms with van der Waals surface area (Å²) >= 11 is 0. The molecule has 0 spiro atoms. The van der Waals surface area contributed by atoms with Gasteiger partial charge in [0.25, 0.3) is 5.91 Å². The minimum Gasteiger partial charge on any atom is -0.490 e. The summed E-state index contributed by atoms with van der Waals surface area (Å²) in [6, 6.07) is 7.02. The molecule has 0 saturated heterocycles. The third-order valence-corrected chi connectivity index (χ3v) is 2.59. The Labute approximate surface area is 130 Å². The highest BCUT2D eigenvalue weighted by Gasteiger charge is 2.17. The molecule has 0 fully saturated rings. The molecule has 1 N–H and O–H groups in total. The first-order valence-electron chi connectivity index (χ1n) is 7.01. The van der Waals surface area contributed by atoms with Crippen LogP contribution in [0.15, 0.2) is 36.9 Å². The Morgan fingerprint density at radius 3 is 2.50 bits per heavy atom. The zero-order chi connectivity index (χ0) is 16.4. The molecule has 0 bridgehead atoms. The van der Waals surface area contributed by atoms with Gasteiger partial charge in [-0.15, -0.1) is 6.58 Å². The maximum absolute atomic E-state index is 11.7. The molecule has 1 unspecified atom stereocenters. The lowest BCUT2D eigenvalue weighted by Gasteiger charge is -2.14. The fourth-order valence-corrected chi connectivity index (χ4v) is 1.58. The molecular formula is C16H21NO5. The Morgan fingerprint density at radius 1 is 1.27 bits per heavy atom. The zero-order valence-electron chi connectivity index (χ0n) is 12.8. The van der Waals surface area contributed by atoms with Gasteiger partial charge in [0.2, 0.25) is 0 Å². The van der Waals surface area contributed by atoms with E-state index in [-0.39, 0.29) is 12.5 Å². The van der Waals surface area contributed by atoms with Gasteiger partial charge < -0.3 is 19.5 Å². The maximum Gasteiger partial charge on any atom is 0.344 e. The van der Waals surface area contributed by atoms with Gasteiger partial charge in [-0.1, -0.05) is 18.2 Å². The average Bonchev–Trinajstić information content (AvgIpc) is 2.52. The number of para-hydroxylation sites is 2. The minimum atomic E-state index is -0.891. The number of hydrogen-bond donors (Lipinski definition) is 1. The first kappa shape index (κ1) is 17.6. The normalized spacial score (nSPS) is 11.2. The molecule has 0 radical (unpaired) electrons. The lowest BCUT2D eigenvalue weighted by Crippen LogP contribution is -2.36. The van der Waals surface area contributed by atoms with Crippen molar-refractivity contribution >= 4 is 11.9 Å². The standard InChI is InChI=1S/C16H21NO5/c1-4-10-17-16(19)12(3)22-15(18)11-21-14-9-7-6-8-13(14)20-5-2/h4,6-9,12H,1,5,10-11H2,2-3H3,(H,17,19). The minimum absolute atomic E-state index is 0.302. The van der Waals surface area contributed by atoms with E-state index in [2.05, 4.69) is 11.9 Å². The summed E-state index contributed by atoms with van der Waals surface area (Å²) in [4.78, 5) is 23.2. The summed E-state index contributed by atoms with van der Waals surface area (Å²) in [6.45, 7) is 7.34. The smallest absolute Gasteiger partial charge is 0.344 e. The number of nitrogens with one attached hydrogen (secondary N) is 1. The van der Waals surface area contributed by atoms with Crippen LogP contribution >= 0.6 is 0 Å². The van der Waals surface area contributed by atoms with E-state index in [0.717, 1.165) is 0 Å². The molecule has 0 aliphatic rings. The molecule has 0 saturated carbocycles. The van der Waals surface area contributed by atoms with Crippen LogP contribution in [-0.2, 0) is 14.3 Å². The predicted octanol–water partition coefficient (Wildman–Crippen LogP) is 1.70. The predicted molar refractivity (Wildman–Crippen MR) is 81.9 cm³/mol. The van der Waals surface area contributed by atoms with Crippen LogP contribution in [0.2, 0.25) is 0 Å². The molecule has 0 aromatic heterocycles. The Balaban J connectivity index is 2.46. The summed E-state index contributed by atoms with van der Waals surface area (Å²) in [5.74, 6) is -0.0184. The summed E-state index contributed by atoms with van der Waals surface area (Å²) in [5.41, 5.74) is 0. The van der Waals surface area contributed by atoms with E-state index in [1.54, 1.807) is 24.3 Å². The lowest BCUT2D eigenvalue weighted by atomic mass is 10.3. The van der Waals surface area contributed by atoms with E-state index >= 15 is 0 Å². The van der Waals surface area contributed by atoms with Gasteiger partial charge in [-0.3, -0.25) is 4.79 Å². The quantitative estimate of drug-likeness (QED) is 0.555. The average molecular weight is 307 g/mol. The largest absolute Gasteiger partial charge is 0.490 e. The van der Waals surface area contributed by atoms with E-state index in [9.17, 15) is 9.59 Å². The number of esters is 1. The molecule has 0 aliphatic heterocycles. The highest BCUT2D eigenvalue weighted by Crippen LogP contribution is 2.26. The first-order valence-corrected chi connectivity index (χ1v) is 7.01. The molecule has 1 amide bonds. The van der Waals surface area contributed by atoms with Gasteiger partial charge in [0.05, 0.1) is 6.61 Å². The van der Waals surface area contributed by atoms with Crippen LogP contribution in [0.4, 0.5) is 0 Å². The molecular weight excluding hydrogens is 286 g/mol. The van der Waals surface area contributed by atoms with Gasteiger partial charge in [-0.25, -0.2) is 4.79 Å². The van der Waals surface area contributed by atoms with Gasteiger partial charge in [-0.2, -0.15) is 0 Å². The Hall–Kier alpha value is -2.50. The highest BCUT2D eigenvalue weighted by atomic mass is 16.6. The van der Waals surface area contributed by atoms with Crippen molar-refractivity contribution in [3.63, 3.8) is 0 Å². The van der Waals surface area contributed by atoms with Crippen molar-refractivity contribution in [1.29, 1.82) is 0 Å². The molecule has 22 heavy (non-hydrogen) atoms. The van der Waals surface area contributed by atoms with Crippen molar-refractivity contribution < 1.29 is 23.8 Å². The molecule has 0 aliphatic carbocycles. The van der Waals surface area contributed by atoms with Crippen molar-refractivity contribution in [2.24, 2.45) is 0 Å². The highest BCUT2D eigenvalue weighted by molar-refractivity contribution is 5.83. The summed E-state index contributed by atoms with van der Waals surface area (Å²) < 4.78 is 15.7. The molecule has 120 valence electrons. The second-order valence-corrected chi connectivity index (χ2v) is 4.33. The van der Waals surface area contributed by atoms with Crippen LogP contribution in [0.5, 0.6) is 11.5 Å². The summed E-state index contributed by atoms with van der Waals surface area (Å²) in [5, 5.41) is 2.54. The third-order valence-electron chi connectivity index (χ3n) is 2.59. The van der Waals surface area contributed by atoms with Crippen molar-refractivity contribution in [2.45, 2.75) is 20.0 Å². The molecule has 1 atom stereocenters. The molecule has 6 nitrogen and oxygen atoms in total. The number of ether oxygens (including phenoxy) is 3. The topological polar surface area (TPSA) is 73.9 Å². The number of rotatable bonds is 9. The lowest BCUT2D eigenvalue weighted by molar-refractivity contribution is -0.156. The number of benzene rings is 1. The van der Waals surface area contributed by atoms with Crippen LogP contribution in [0, 0.1) is 0 Å². The Kier molecular flexibility index (Phi) is 7.53. The fraction of sp³-hybridized carbons (Fsp3) is 0.375.